The number of carbonyl (C=O) groups excluding carboxylic acids is 2. The van der Waals surface area contributed by atoms with E-state index in [1.807, 2.05) is 4.90 Å². The van der Waals surface area contributed by atoms with Crippen LogP contribution in [0, 0.1) is 12.3 Å². The Balaban J connectivity index is 1.90. The average Bonchev–Trinajstić information content (AvgIpc) is 3.06. The molecule has 1 aromatic carbocycles. The van der Waals surface area contributed by atoms with E-state index in [0.717, 1.165) is 24.9 Å². The van der Waals surface area contributed by atoms with Gasteiger partial charge in [0.15, 0.2) is 5.75 Å². The summed E-state index contributed by atoms with van der Waals surface area (Å²) in [5, 5.41) is 4.43. The first kappa shape index (κ1) is 17.7. The number of likely N-dealkylation sites (tertiary alicyclic amines) is 1. The molecule has 1 fully saturated rings. The molecule has 0 N–H and O–H groups in total. The van der Waals surface area contributed by atoms with Crippen LogP contribution < -0.4 is 4.74 Å². The Hall–Kier alpha value is -3.07. The molecule has 1 aliphatic rings. The van der Waals surface area contributed by atoms with Gasteiger partial charge in [-0.2, -0.15) is 5.10 Å². The third kappa shape index (κ3) is 3.77. The number of hydrogen-bond acceptors (Lipinski definition) is 4. The minimum atomic E-state index is -0.192. The molecule has 0 aliphatic carbocycles. The quantitative estimate of drug-likeness (QED) is 0.798. The minimum Gasteiger partial charge on any atom is -0.454 e. The SMILES string of the molecule is C#Cc1ccc(Oc2cn(C(C)=O)nc2C2CCCN(C(C)=O)C2)cc1. The Kier molecular flexibility index (Phi) is 5.08. The van der Waals surface area contributed by atoms with Crippen molar-refractivity contribution in [3.05, 3.63) is 41.7 Å². The molecule has 0 spiro atoms. The molecule has 2 heterocycles. The molecule has 1 amide bonds. The average molecular weight is 351 g/mol. The second kappa shape index (κ2) is 7.44. The largest absolute Gasteiger partial charge is 0.454 e. The van der Waals surface area contributed by atoms with Crippen LogP contribution in [-0.2, 0) is 4.79 Å². The van der Waals surface area contributed by atoms with Crippen LogP contribution >= 0.6 is 0 Å². The molecule has 6 heteroatoms. The lowest BCUT2D eigenvalue weighted by atomic mass is 9.94. The zero-order valence-corrected chi connectivity index (χ0v) is 14.9. The highest BCUT2D eigenvalue weighted by Crippen LogP contribution is 2.34. The Morgan fingerprint density at radius 1 is 1.23 bits per heavy atom. The molecule has 1 aromatic heterocycles. The Bertz CT molecular complexity index is 861. The fraction of sp³-hybridized carbons (Fsp3) is 0.350. The summed E-state index contributed by atoms with van der Waals surface area (Å²) < 4.78 is 7.27. The summed E-state index contributed by atoms with van der Waals surface area (Å²) >= 11 is 0. The van der Waals surface area contributed by atoms with Crippen molar-refractivity contribution in [3.8, 4) is 23.8 Å². The fourth-order valence-electron chi connectivity index (χ4n) is 3.13. The zero-order chi connectivity index (χ0) is 18.7. The molecule has 3 rings (SSSR count). The molecule has 134 valence electrons. The molecular formula is C20H21N3O3. The van der Waals surface area contributed by atoms with Gasteiger partial charge in [0.2, 0.25) is 11.8 Å². The van der Waals surface area contributed by atoms with E-state index in [1.165, 1.54) is 11.6 Å². The van der Waals surface area contributed by atoms with Gasteiger partial charge < -0.3 is 9.64 Å². The van der Waals surface area contributed by atoms with Crippen LogP contribution in [0.4, 0.5) is 0 Å². The third-order valence-electron chi connectivity index (χ3n) is 4.53. The predicted molar refractivity (Wildman–Crippen MR) is 97.2 cm³/mol. The highest BCUT2D eigenvalue weighted by Gasteiger charge is 2.28. The first-order valence-corrected chi connectivity index (χ1v) is 8.58. The number of terminal acetylenes is 1. The van der Waals surface area contributed by atoms with Crippen molar-refractivity contribution in [1.82, 2.24) is 14.7 Å². The number of nitrogens with zero attached hydrogens (tertiary/aromatic N) is 3. The van der Waals surface area contributed by atoms with Crippen molar-refractivity contribution in [2.45, 2.75) is 32.6 Å². The summed E-state index contributed by atoms with van der Waals surface area (Å²) in [5.41, 5.74) is 1.47. The molecule has 2 aromatic rings. The van der Waals surface area contributed by atoms with E-state index < -0.39 is 0 Å². The van der Waals surface area contributed by atoms with Gasteiger partial charge in [0.25, 0.3) is 0 Å². The van der Waals surface area contributed by atoms with Crippen molar-refractivity contribution in [1.29, 1.82) is 0 Å². The van der Waals surface area contributed by atoms with Gasteiger partial charge in [-0.05, 0) is 37.1 Å². The van der Waals surface area contributed by atoms with Gasteiger partial charge in [0.05, 0.1) is 6.20 Å². The van der Waals surface area contributed by atoms with Gasteiger partial charge in [0.1, 0.15) is 11.4 Å². The van der Waals surface area contributed by atoms with Crippen LogP contribution in [0.15, 0.2) is 30.5 Å². The number of benzene rings is 1. The molecular weight excluding hydrogens is 330 g/mol. The summed E-state index contributed by atoms with van der Waals surface area (Å²) in [6, 6.07) is 7.16. The molecule has 6 nitrogen and oxygen atoms in total. The summed E-state index contributed by atoms with van der Waals surface area (Å²) in [5.74, 6) is 3.60. The topological polar surface area (TPSA) is 64.4 Å². The monoisotopic (exact) mass is 351 g/mol. The zero-order valence-electron chi connectivity index (χ0n) is 14.9. The lowest BCUT2D eigenvalue weighted by Crippen LogP contribution is -2.37. The molecule has 1 atom stereocenters. The fourth-order valence-corrected chi connectivity index (χ4v) is 3.13. The van der Waals surface area contributed by atoms with Crippen LogP contribution in [-0.4, -0.2) is 39.6 Å². The van der Waals surface area contributed by atoms with Gasteiger partial charge >= 0.3 is 0 Å². The van der Waals surface area contributed by atoms with E-state index in [9.17, 15) is 9.59 Å². The van der Waals surface area contributed by atoms with E-state index in [2.05, 4.69) is 11.0 Å². The second-order valence-electron chi connectivity index (χ2n) is 6.42. The number of aromatic nitrogens is 2. The smallest absolute Gasteiger partial charge is 0.243 e. The van der Waals surface area contributed by atoms with E-state index >= 15 is 0 Å². The first-order chi connectivity index (χ1) is 12.5. The van der Waals surface area contributed by atoms with E-state index in [4.69, 9.17) is 11.2 Å². The molecule has 0 radical (unpaired) electrons. The van der Waals surface area contributed by atoms with Gasteiger partial charge in [-0.3, -0.25) is 9.59 Å². The van der Waals surface area contributed by atoms with E-state index in [-0.39, 0.29) is 17.7 Å². The van der Waals surface area contributed by atoms with Gasteiger partial charge in [-0.15, -0.1) is 6.42 Å². The van der Waals surface area contributed by atoms with Crippen LogP contribution in [0.2, 0.25) is 0 Å². The standard InChI is InChI=1S/C20H21N3O3/c1-4-16-7-9-18(10-8-16)26-19-13-23(15(3)25)21-20(19)17-6-5-11-22(12-17)14(2)24/h1,7-10,13,17H,5-6,11-12H2,2-3H3. The summed E-state index contributed by atoms with van der Waals surface area (Å²) in [6.45, 7) is 4.35. The third-order valence-corrected chi connectivity index (χ3v) is 4.53. The lowest BCUT2D eigenvalue weighted by molar-refractivity contribution is -0.130. The Labute approximate surface area is 152 Å². The molecule has 1 unspecified atom stereocenters. The van der Waals surface area contributed by atoms with Crippen molar-refractivity contribution in [2.24, 2.45) is 0 Å². The summed E-state index contributed by atoms with van der Waals surface area (Å²) in [4.78, 5) is 25.3. The van der Waals surface area contributed by atoms with Crippen molar-refractivity contribution in [2.75, 3.05) is 13.1 Å². The molecule has 0 saturated carbocycles. The lowest BCUT2D eigenvalue weighted by Gasteiger charge is -2.31. The molecule has 1 aliphatic heterocycles. The van der Waals surface area contributed by atoms with Gasteiger partial charge in [-0.1, -0.05) is 5.92 Å². The van der Waals surface area contributed by atoms with Crippen LogP contribution in [0.3, 0.4) is 0 Å². The van der Waals surface area contributed by atoms with Crippen molar-refractivity contribution >= 4 is 11.8 Å². The molecule has 1 saturated heterocycles. The van der Waals surface area contributed by atoms with Gasteiger partial charge in [-0.25, -0.2) is 4.68 Å². The number of rotatable bonds is 3. The number of ether oxygens (including phenoxy) is 1. The second-order valence-corrected chi connectivity index (χ2v) is 6.42. The highest BCUT2D eigenvalue weighted by atomic mass is 16.5. The number of amides is 1. The number of hydrogen-bond donors (Lipinski definition) is 0. The van der Waals surface area contributed by atoms with Crippen LogP contribution in [0.1, 0.15) is 48.7 Å². The number of piperidine rings is 1. The van der Waals surface area contributed by atoms with Gasteiger partial charge in [0, 0.05) is 38.4 Å². The predicted octanol–water partition coefficient (Wildman–Crippen LogP) is 3.04. The first-order valence-electron chi connectivity index (χ1n) is 8.58. The normalized spacial score (nSPS) is 16.8. The number of carbonyl (C=O) groups is 2. The van der Waals surface area contributed by atoms with E-state index in [1.54, 1.807) is 37.4 Å². The minimum absolute atomic E-state index is 0.0354. The highest BCUT2D eigenvalue weighted by molar-refractivity contribution is 5.75. The van der Waals surface area contributed by atoms with E-state index in [0.29, 0.717) is 23.7 Å². The summed E-state index contributed by atoms with van der Waals surface area (Å²) in [6.07, 6.45) is 8.76. The molecule has 0 bridgehead atoms. The maximum absolute atomic E-state index is 11.8. The Morgan fingerprint density at radius 2 is 1.96 bits per heavy atom. The summed E-state index contributed by atoms with van der Waals surface area (Å²) in [7, 11) is 0. The van der Waals surface area contributed by atoms with Crippen molar-refractivity contribution in [3.63, 3.8) is 0 Å². The van der Waals surface area contributed by atoms with Crippen molar-refractivity contribution < 1.29 is 14.3 Å². The van der Waals surface area contributed by atoms with Crippen LogP contribution in [0.5, 0.6) is 11.5 Å². The maximum Gasteiger partial charge on any atom is 0.243 e. The van der Waals surface area contributed by atoms with Crippen LogP contribution in [0.25, 0.3) is 0 Å². The maximum atomic E-state index is 11.8. The Morgan fingerprint density at radius 3 is 2.58 bits per heavy atom. The molecule has 26 heavy (non-hydrogen) atoms.